The minimum atomic E-state index is -2.95. The molecule has 0 radical (unpaired) electrons. The van der Waals surface area contributed by atoms with Crippen molar-refractivity contribution in [2.24, 2.45) is 0 Å². The third-order valence-electron chi connectivity index (χ3n) is 2.42. The van der Waals surface area contributed by atoms with Crippen LogP contribution < -0.4 is 0 Å². The summed E-state index contributed by atoms with van der Waals surface area (Å²) >= 11 is 8.90. The van der Waals surface area contributed by atoms with Gasteiger partial charge < -0.3 is 0 Å². The third kappa shape index (κ3) is 4.05. The Labute approximate surface area is 125 Å². The maximum Gasteiger partial charge on any atom is 0.224 e. The van der Waals surface area contributed by atoms with Crippen LogP contribution in [0.1, 0.15) is 11.8 Å². The van der Waals surface area contributed by atoms with Crippen molar-refractivity contribution in [3.8, 4) is 0 Å². The molecule has 19 heavy (non-hydrogen) atoms. The molecule has 8 heteroatoms. The molecule has 2 rings (SSSR count). The second-order valence-electron chi connectivity index (χ2n) is 4.06. The van der Waals surface area contributed by atoms with E-state index in [1.54, 1.807) is 11.3 Å². The number of halogens is 1. The van der Waals surface area contributed by atoms with Crippen molar-refractivity contribution in [1.82, 2.24) is 9.97 Å². The monoisotopic (exact) mass is 336 g/mol. The summed E-state index contributed by atoms with van der Waals surface area (Å²) in [6, 6.07) is 2.05. The number of thiophene rings is 1. The van der Waals surface area contributed by atoms with Crippen LogP contribution in [0.25, 0.3) is 10.2 Å². The Morgan fingerprint density at radius 2 is 2.16 bits per heavy atom. The fraction of sp³-hybridized carbons (Fsp3) is 0.455. The predicted molar refractivity (Wildman–Crippen MR) is 82.2 cm³/mol. The first kappa shape index (κ1) is 15.0. The fourth-order valence-corrected chi connectivity index (χ4v) is 5.00. The highest BCUT2D eigenvalue weighted by Crippen LogP contribution is 2.32. The van der Waals surface area contributed by atoms with E-state index in [9.17, 15) is 8.42 Å². The molecule has 0 amide bonds. The molecule has 0 spiro atoms. The van der Waals surface area contributed by atoms with Crippen LogP contribution >= 0.6 is 34.7 Å². The molecular weight excluding hydrogens is 324 g/mol. The lowest BCUT2D eigenvalue weighted by molar-refractivity contribution is 0.603. The Morgan fingerprint density at radius 1 is 1.42 bits per heavy atom. The van der Waals surface area contributed by atoms with Crippen LogP contribution in [-0.2, 0) is 16.3 Å². The van der Waals surface area contributed by atoms with E-state index in [0.29, 0.717) is 5.75 Å². The molecular formula is C11H13ClN2O2S3. The van der Waals surface area contributed by atoms with Gasteiger partial charge in [-0.3, -0.25) is 0 Å². The van der Waals surface area contributed by atoms with Crippen molar-refractivity contribution >= 4 is 54.8 Å². The molecule has 2 heterocycles. The zero-order chi connectivity index (χ0) is 14.0. The van der Waals surface area contributed by atoms with Crippen LogP contribution in [-0.4, -0.2) is 36.1 Å². The molecule has 0 saturated heterocycles. The SMILES string of the molecule is CCc1cc2c(SCCS(C)(=O)=O)nc(Cl)nc2s1. The summed E-state index contributed by atoms with van der Waals surface area (Å²) < 4.78 is 22.3. The molecule has 0 bridgehead atoms. The molecule has 0 atom stereocenters. The van der Waals surface area contributed by atoms with Gasteiger partial charge in [0.05, 0.1) is 5.75 Å². The standard InChI is InChI=1S/C11H13ClN2O2S3/c1-3-7-6-8-9(17-4-5-19(2,15)16)13-11(12)14-10(8)18-7/h6H,3-5H2,1-2H3. The van der Waals surface area contributed by atoms with Gasteiger partial charge in [0.15, 0.2) is 0 Å². The highest BCUT2D eigenvalue weighted by Gasteiger charge is 2.12. The van der Waals surface area contributed by atoms with Crippen LogP contribution in [0.4, 0.5) is 0 Å². The van der Waals surface area contributed by atoms with Crippen molar-refractivity contribution in [1.29, 1.82) is 0 Å². The molecule has 0 aliphatic heterocycles. The van der Waals surface area contributed by atoms with Gasteiger partial charge in [0.1, 0.15) is 19.7 Å². The Hall–Kier alpha value is -0.370. The van der Waals surface area contributed by atoms with Gasteiger partial charge in [0.2, 0.25) is 5.28 Å². The minimum Gasteiger partial charge on any atom is -0.229 e. The van der Waals surface area contributed by atoms with E-state index >= 15 is 0 Å². The number of hydrogen-bond donors (Lipinski definition) is 0. The number of aryl methyl sites for hydroxylation is 1. The smallest absolute Gasteiger partial charge is 0.224 e. The number of nitrogens with zero attached hydrogens (tertiary/aromatic N) is 2. The quantitative estimate of drug-likeness (QED) is 0.477. The van der Waals surface area contributed by atoms with Crippen LogP contribution in [0, 0.1) is 0 Å². The summed E-state index contributed by atoms with van der Waals surface area (Å²) in [6.07, 6.45) is 2.17. The van der Waals surface area contributed by atoms with E-state index in [0.717, 1.165) is 21.7 Å². The van der Waals surface area contributed by atoms with Crippen LogP contribution in [0.15, 0.2) is 11.1 Å². The number of fused-ring (bicyclic) bond motifs is 1. The van der Waals surface area contributed by atoms with Gasteiger partial charge in [-0.15, -0.1) is 23.1 Å². The van der Waals surface area contributed by atoms with E-state index in [4.69, 9.17) is 11.6 Å². The molecule has 2 aromatic heterocycles. The number of thioether (sulfide) groups is 1. The number of rotatable bonds is 5. The van der Waals surface area contributed by atoms with Gasteiger partial charge >= 0.3 is 0 Å². The largest absolute Gasteiger partial charge is 0.229 e. The van der Waals surface area contributed by atoms with Crippen molar-refractivity contribution < 1.29 is 8.42 Å². The summed E-state index contributed by atoms with van der Waals surface area (Å²) in [5, 5.41) is 1.93. The molecule has 0 unspecified atom stereocenters. The van der Waals surface area contributed by atoms with Crippen LogP contribution in [0.2, 0.25) is 5.28 Å². The highest BCUT2D eigenvalue weighted by atomic mass is 35.5. The van der Waals surface area contributed by atoms with E-state index in [1.807, 2.05) is 0 Å². The lowest BCUT2D eigenvalue weighted by Crippen LogP contribution is -2.05. The lowest BCUT2D eigenvalue weighted by Gasteiger charge is -2.02. The average molecular weight is 337 g/mol. The van der Waals surface area contributed by atoms with E-state index in [2.05, 4.69) is 23.0 Å². The Bertz CT molecular complexity index is 697. The van der Waals surface area contributed by atoms with Crippen molar-refractivity contribution in [2.75, 3.05) is 17.8 Å². The molecule has 0 saturated carbocycles. The molecule has 2 aromatic rings. The maximum atomic E-state index is 11.1. The third-order valence-corrected chi connectivity index (χ3v) is 5.96. The number of aromatic nitrogens is 2. The van der Waals surface area contributed by atoms with Gasteiger partial charge in [-0.1, -0.05) is 6.92 Å². The summed E-state index contributed by atoms with van der Waals surface area (Å²) in [7, 11) is -2.95. The van der Waals surface area contributed by atoms with Crippen molar-refractivity contribution in [3.63, 3.8) is 0 Å². The second-order valence-corrected chi connectivity index (χ2v) is 8.86. The first-order valence-electron chi connectivity index (χ1n) is 5.65. The molecule has 0 aromatic carbocycles. The van der Waals surface area contributed by atoms with Crippen molar-refractivity contribution in [3.05, 3.63) is 16.2 Å². The highest BCUT2D eigenvalue weighted by molar-refractivity contribution is 8.00. The van der Waals surface area contributed by atoms with E-state index in [-0.39, 0.29) is 11.0 Å². The van der Waals surface area contributed by atoms with Gasteiger partial charge in [0, 0.05) is 22.3 Å². The number of sulfone groups is 1. The van der Waals surface area contributed by atoms with Gasteiger partial charge in [0.25, 0.3) is 0 Å². The van der Waals surface area contributed by atoms with Gasteiger partial charge in [-0.25, -0.2) is 18.4 Å². The first-order chi connectivity index (χ1) is 8.89. The Balaban J connectivity index is 2.28. The maximum absolute atomic E-state index is 11.1. The Kier molecular flexibility index (Phi) is 4.70. The molecule has 4 nitrogen and oxygen atoms in total. The lowest BCUT2D eigenvalue weighted by atomic mass is 10.3. The predicted octanol–water partition coefficient (Wildman–Crippen LogP) is 3.04. The van der Waals surface area contributed by atoms with Crippen LogP contribution in [0.3, 0.4) is 0 Å². The van der Waals surface area contributed by atoms with E-state index in [1.165, 1.54) is 22.9 Å². The zero-order valence-corrected chi connectivity index (χ0v) is 13.7. The molecule has 0 aliphatic rings. The summed E-state index contributed by atoms with van der Waals surface area (Å²) in [5.41, 5.74) is 0. The second kappa shape index (κ2) is 5.95. The zero-order valence-electron chi connectivity index (χ0n) is 10.5. The van der Waals surface area contributed by atoms with Gasteiger partial charge in [-0.2, -0.15) is 0 Å². The fourth-order valence-electron chi connectivity index (χ4n) is 1.49. The molecule has 0 N–H and O–H groups in total. The topological polar surface area (TPSA) is 59.9 Å². The summed E-state index contributed by atoms with van der Waals surface area (Å²) in [6.45, 7) is 2.08. The number of hydrogen-bond acceptors (Lipinski definition) is 6. The molecule has 0 aliphatic carbocycles. The van der Waals surface area contributed by atoms with Crippen molar-refractivity contribution in [2.45, 2.75) is 18.4 Å². The molecule has 104 valence electrons. The summed E-state index contributed by atoms with van der Waals surface area (Å²) in [5.74, 6) is 0.601. The average Bonchev–Trinajstić information content (AvgIpc) is 2.70. The minimum absolute atomic E-state index is 0.131. The first-order valence-corrected chi connectivity index (χ1v) is 9.89. The van der Waals surface area contributed by atoms with E-state index < -0.39 is 9.84 Å². The molecule has 0 fully saturated rings. The normalized spacial score (nSPS) is 12.2. The summed E-state index contributed by atoms with van der Waals surface area (Å²) in [4.78, 5) is 10.5. The van der Waals surface area contributed by atoms with Crippen LogP contribution in [0.5, 0.6) is 0 Å². The Morgan fingerprint density at radius 3 is 2.79 bits per heavy atom. The van der Waals surface area contributed by atoms with Gasteiger partial charge in [-0.05, 0) is 24.1 Å².